The number of benzene rings is 2. The summed E-state index contributed by atoms with van der Waals surface area (Å²) in [6.45, 7) is 1.63. The number of aliphatic hydroxyl groups is 1. The van der Waals surface area contributed by atoms with Crippen LogP contribution in [0.2, 0.25) is 0 Å². The molecule has 11 nitrogen and oxygen atoms in total. The average Bonchev–Trinajstić information content (AvgIpc) is 3.77. The lowest BCUT2D eigenvalue weighted by Gasteiger charge is -2.19. The van der Waals surface area contributed by atoms with Crippen LogP contribution in [0.1, 0.15) is 65.6 Å². The van der Waals surface area contributed by atoms with Crippen molar-refractivity contribution in [3.8, 4) is 11.8 Å². The average molecular weight is 589 g/mol. The molecule has 0 aliphatic heterocycles. The van der Waals surface area contributed by atoms with E-state index >= 15 is 4.39 Å². The third kappa shape index (κ3) is 8.21. The molecule has 0 radical (unpaired) electrons. The zero-order valence-electron chi connectivity index (χ0n) is 23.2. The number of aliphatic hydroxyl groups excluding tert-OH is 1. The van der Waals surface area contributed by atoms with E-state index in [2.05, 4.69) is 15.6 Å². The first kappa shape index (κ1) is 30.8. The molecule has 0 bridgehead atoms. The minimum atomic E-state index is -2.08. The molecule has 1 heterocycles. The number of nitriles is 1. The number of ether oxygens (including phenoxy) is 2. The molecule has 0 saturated heterocycles. The summed E-state index contributed by atoms with van der Waals surface area (Å²) in [6, 6.07) is 15.0. The molecular formula is C31H29FN4O7. The van der Waals surface area contributed by atoms with E-state index < -0.39 is 54.1 Å². The van der Waals surface area contributed by atoms with Crippen molar-refractivity contribution in [2.45, 2.75) is 57.5 Å². The van der Waals surface area contributed by atoms with Crippen LogP contribution in [0.25, 0.3) is 0 Å². The van der Waals surface area contributed by atoms with E-state index in [1.165, 1.54) is 24.4 Å². The van der Waals surface area contributed by atoms with Gasteiger partial charge in [0.15, 0.2) is 5.78 Å². The Morgan fingerprint density at radius 2 is 1.88 bits per heavy atom. The standard InChI is InChI=1S/C31H29FN4O7/c1-2-24(37)20-9-10-22(32)28(21-14-23(21)35-31(41)36-26-12-8-19(15-33)16-34-26)29(20)43-30(40)25(38)11-13-27(39)42-17-18-6-4-3-5-7-18/h3-10,12,16,21,23,30,40H,2,11,13-14,17H2,1H3,(H2,34,35,36,41). The predicted octanol–water partition coefficient (Wildman–Crippen LogP) is 4.15. The van der Waals surface area contributed by atoms with Crippen LogP contribution in [-0.4, -0.2) is 46.0 Å². The predicted molar refractivity (Wildman–Crippen MR) is 150 cm³/mol. The molecule has 2 amide bonds. The summed E-state index contributed by atoms with van der Waals surface area (Å²) in [5, 5.41) is 24.6. The van der Waals surface area contributed by atoms with Gasteiger partial charge in [0.05, 0.1) is 17.5 Å². The Morgan fingerprint density at radius 3 is 2.56 bits per heavy atom. The number of hydrogen-bond acceptors (Lipinski definition) is 9. The summed E-state index contributed by atoms with van der Waals surface area (Å²) in [6.07, 6.45) is -1.17. The van der Waals surface area contributed by atoms with Gasteiger partial charge >= 0.3 is 12.0 Å². The van der Waals surface area contributed by atoms with Gasteiger partial charge in [0.25, 0.3) is 6.29 Å². The van der Waals surface area contributed by atoms with Crippen LogP contribution >= 0.6 is 0 Å². The minimum Gasteiger partial charge on any atom is -0.461 e. The highest BCUT2D eigenvalue weighted by Crippen LogP contribution is 2.47. The van der Waals surface area contributed by atoms with Crippen LogP contribution in [0.3, 0.4) is 0 Å². The normalized spacial score (nSPS) is 15.9. The second-order valence-corrected chi connectivity index (χ2v) is 9.79. The van der Waals surface area contributed by atoms with Gasteiger partial charge in [-0.05, 0) is 36.2 Å². The Bertz CT molecular complexity index is 1540. The Kier molecular flexibility index (Phi) is 10.1. The van der Waals surface area contributed by atoms with Crippen LogP contribution in [-0.2, 0) is 20.9 Å². The Morgan fingerprint density at radius 1 is 1.12 bits per heavy atom. The van der Waals surface area contributed by atoms with E-state index in [0.717, 1.165) is 11.6 Å². The molecule has 222 valence electrons. The number of nitrogens with one attached hydrogen (secondary N) is 2. The summed E-state index contributed by atoms with van der Waals surface area (Å²) in [5.74, 6) is -3.37. The third-order valence-corrected chi connectivity index (χ3v) is 6.70. The largest absolute Gasteiger partial charge is 0.461 e. The highest BCUT2D eigenvalue weighted by molar-refractivity contribution is 5.99. The molecule has 2 aromatic carbocycles. The number of urea groups is 1. The quantitative estimate of drug-likeness (QED) is 0.151. The van der Waals surface area contributed by atoms with E-state index in [9.17, 15) is 24.3 Å². The summed E-state index contributed by atoms with van der Waals surface area (Å²) in [5.41, 5.74) is 1.01. The smallest absolute Gasteiger partial charge is 0.320 e. The number of ketones is 2. The van der Waals surface area contributed by atoms with E-state index in [4.69, 9.17) is 14.7 Å². The number of carbonyl (C=O) groups excluding carboxylic acids is 4. The van der Waals surface area contributed by atoms with Crippen molar-refractivity contribution in [1.82, 2.24) is 10.3 Å². The molecule has 3 atom stereocenters. The molecule has 1 saturated carbocycles. The number of hydrogen-bond donors (Lipinski definition) is 3. The van der Waals surface area contributed by atoms with Gasteiger partial charge in [-0.2, -0.15) is 5.26 Å². The van der Waals surface area contributed by atoms with Gasteiger partial charge in [-0.15, -0.1) is 0 Å². The molecule has 1 aliphatic rings. The zero-order valence-corrected chi connectivity index (χ0v) is 23.2. The SMILES string of the molecule is CCC(=O)c1ccc(F)c(C2CC2NC(=O)Nc2ccc(C#N)cn2)c1OC(O)C(=O)CCC(=O)OCc1ccccc1. The molecule has 1 fully saturated rings. The first-order valence-electron chi connectivity index (χ1n) is 13.6. The van der Waals surface area contributed by atoms with E-state index in [1.807, 2.05) is 12.1 Å². The van der Waals surface area contributed by atoms with Crippen molar-refractivity contribution in [1.29, 1.82) is 5.26 Å². The highest BCUT2D eigenvalue weighted by atomic mass is 19.1. The summed E-state index contributed by atoms with van der Waals surface area (Å²) in [7, 11) is 0. The third-order valence-electron chi connectivity index (χ3n) is 6.70. The van der Waals surface area contributed by atoms with Crippen LogP contribution < -0.4 is 15.4 Å². The number of aromatic nitrogens is 1. The van der Waals surface area contributed by atoms with Gasteiger partial charge in [-0.25, -0.2) is 14.2 Å². The van der Waals surface area contributed by atoms with E-state index in [0.29, 0.717) is 12.0 Å². The van der Waals surface area contributed by atoms with Crippen LogP contribution in [0.5, 0.6) is 5.75 Å². The summed E-state index contributed by atoms with van der Waals surface area (Å²) < 4.78 is 25.8. The molecular weight excluding hydrogens is 559 g/mol. The van der Waals surface area contributed by atoms with Crippen molar-refractivity contribution in [2.75, 3.05) is 5.32 Å². The first-order chi connectivity index (χ1) is 20.7. The topological polar surface area (TPSA) is 168 Å². The van der Waals surface area contributed by atoms with Crippen LogP contribution in [0.15, 0.2) is 60.8 Å². The number of rotatable bonds is 13. The van der Waals surface area contributed by atoms with Crippen LogP contribution in [0, 0.1) is 17.1 Å². The molecule has 3 N–H and O–H groups in total. The van der Waals surface area contributed by atoms with Crippen molar-refractivity contribution in [3.63, 3.8) is 0 Å². The number of carbonyl (C=O) groups is 4. The summed E-state index contributed by atoms with van der Waals surface area (Å²) >= 11 is 0. The van der Waals surface area contributed by atoms with E-state index in [1.54, 1.807) is 31.2 Å². The molecule has 3 aromatic rings. The zero-order chi connectivity index (χ0) is 30.9. The Balaban J connectivity index is 1.40. The number of nitrogens with zero attached hydrogens (tertiary/aromatic N) is 2. The maximum Gasteiger partial charge on any atom is 0.320 e. The van der Waals surface area contributed by atoms with E-state index in [-0.39, 0.29) is 42.1 Å². The monoisotopic (exact) mass is 588 g/mol. The van der Waals surface area contributed by atoms with Gasteiger partial charge in [-0.3, -0.25) is 19.7 Å². The van der Waals surface area contributed by atoms with Gasteiger partial charge < -0.3 is 19.9 Å². The Labute approximate surface area is 246 Å². The number of Topliss-reactive ketones (excluding diaryl/α,β-unsaturated/α-hetero) is 2. The fraction of sp³-hybridized carbons (Fsp3) is 0.290. The van der Waals surface area contributed by atoms with Crippen molar-refractivity contribution in [3.05, 3.63) is 88.9 Å². The van der Waals surface area contributed by atoms with Crippen LogP contribution in [0.4, 0.5) is 15.0 Å². The van der Waals surface area contributed by atoms with Crippen molar-refractivity contribution < 1.29 is 38.1 Å². The molecule has 1 aliphatic carbocycles. The van der Waals surface area contributed by atoms with Gasteiger partial charge in [0, 0.05) is 36.6 Å². The molecule has 1 aromatic heterocycles. The Hall–Kier alpha value is -5.15. The van der Waals surface area contributed by atoms with Crippen molar-refractivity contribution >= 4 is 29.4 Å². The van der Waals surface area contributed by atoms with Gasteiger partial charge in [0.2, 0.25) is 5.78 Å². The molecule has 4 rings (SSSR count). The molecule has 43 heavy (non-hydrogen) atoms. The van der Waals surface area contributed by atoms with Gasteiger partial charge in [-0.1, -0.05) is 37.3 Å². The second-order valence-electron chi connectivity index (χ2n) is 9.79. The minimum absolute atomic E-state index is 0.0232. The lowest BCUT2D eigenvalue weighted by molar-refractivity contribution is -0.149. The number of pyridine rings is 1. The van der Waals surface area contributed by atoms with Crippen molar-refractivity contribution in [2.24, 2.45) is 0 Å². The first-order valence-corrected chi connectivity index (χ1v) is 13.6. The number of amides is 2. The highest BCUT2D eigenvalue weighted by Gasteiger charge is 2.44. The molecule has 0 spiro atoms. The number of esters is 1. The molecule has 12 heteroatoms. The maximum absolute atomic E-state index is 15.2. The second kappa shape index (κ2) is 14.2. The fourth-order valence-electron chi connectivity index (χ4n) is 4.32. The maximum atomic E-state index is 15.2. The number of anilines is 1. The molecule has 3 unspecified atom stereocenters. The lowest BCUT2D eigenvalue weighted by Crippen LogP contribution is -2.32. The number of halogens is 1. The lowest BCUT2D eigenvalue weighted by atomic mass is 9.99. The fourth-order valence-corrected chi connectivity index (χ4v) is 4.32. The van der Waals surface area contributed by atoms with Gasteiger partial charge in [0.1, 0.15) is 30.1 Å². The summed E-state index contributed by atoms with van der Waals surface area (Å²) in [4.78, 5) is 53.8.